The van der Waals surface area contributed by atoms with E-state index in [2.05, 4.69) is 0 Å². The Hall–Kier alpha value is 4.20. The van der Waals surface area contributed by atoms with Gasteiger partial charge in [0.15, 0.2) is 6.90 Å². The molecule has 0 radical (unpaired) electrons. The third-order valence-electron chi connectivity index (χ3n) is 3.97. The molecule has 0 N–H and O–H groups in total. The van der Waals surface area contributed by atoms with Gasteiger partial charge in [0.2, 0.25) is 5.94 Å². The first-order valence-corrected chi connectivity index (χ1v) is 33.5. The zero-order valence-corrected chi connectivity index (χ0v) is 23.2. The van der Waals surface area contributed by atoms with Crippen LogP contribution in [0.15, 0.2) is 0 Å². The third-order valence-corrected chi connectivity index (χ3v) is 161. The van der Waals surface area contributed by atoms with Gasteiger partial charge < -0.3 is 0 Å². The molecule has 118 valence electrons. The molecule has 2 heterocycles. The van der Waals surface area contributed by atoms with E-state index < -0.39 is 36.7 Å². The van der Waals surface area contributed by atoms with E-state index in [0.717, 1.165) is 12.5 Å². The van der Waals surface area contributed by atoms with Gasteiger partial charge in [0.1, 0.15) is 0 Å². The zero-order chi connectivity index (χ0) is 15.8. The van der Waals surface area contributed by atoms with Crippen molar-refractivity contribution >= 4 is 148 Å². The molecule has 2 saturated heterocycles. The van der Waals surface area contributed by atoms with Gasteiger partial charge >= 0.3 is 0 Å². The van der Waals surface area contributed by atoms with Crippen LogP contribution in [0, 0.1) is 0 Å². The summed E-state index contributed by atoms with van der Waals surface area (Å²) < 4.78 is 0. The summed E-state index contributed by atoms with van der Waals surface area (Å²) >= 11 is 67.0. The number of fused-ring (bicyclic) bond motifs is 1. The predicted molar refractivity (Wildman–Crippen MR) is 112 cm³/mol. The van der Waals surface area contributed by atoms with E-state index in [1.165, 1.54) is 0 Å². The van der Waals surface area contributed by atoms with Gasteiger partial charge in [-0.2, -0.15) is 22.2 Å². The second kappa shape index (κ2) is 5.85. The molecular formula is C4H8Cl10Si6. The summed E-state index contributed by atoms with van der Waals surface area (Å²) in [6.45, 7) is -2.64. The van der Waals surface area contributed by atoms with Gasteiger partial charge in [0, 0.05) is 0 Å². The average Bonchev–Trinajstić information content (AvgIpc) is 2.22. The number of rotatable bonds is 0. The van der Waals surface area contributed by atoms with E-state index in [4.69, 9.17) is 111 Å². The second-order valence-corrected chi connectivity index (χ2v) is 83.2. The lowest BCUT2D eigenvalue weighted by molar-refractivity contribution is 1.04. The first-order valence-electron chi connectivity index (χ1n) is 5.55. The van der Waals surface area contributed by atoms with Crippen LogP contribution in [0.25, 0.3) is 0 Å². The van der Waals surface area contributed by atoms with Crippen molar-refractivity contribution in [3.8, 4) is 0 Å². The molecule has 20 heavy (non-hydrogen) atoms. The molecule has 0 spiro atoms. The molecule has 2 atom stereocenters. The van der Waals surface area contributed by atoms with E-state index >= 15 is 0 Å². The number of hydrogen-bond donors (Lipinski definition) is 0. The normalized spacial score (nSPS) is 44.7. The Kier molecular flexibility index (Phi) is 6.00. The second-order valence-electron chi connectivity index (χ2n) is 5.21. The van der Waals surface area contributed by atoms with Gasteiger partial charge in [0.25, 0.3) is 23.9 Å². The van der Waals surface area contributed by atoms with E-state index in [9.17, 15) is 0 Å². The van der Waals surface area contributed by atoms with Crippen molar-refractivity contribution in [1.82, 2.24) is 0 Å². The van der Waals surface area contributed by atoms with E-state index in [0.29, 0.717) is 11.7 Å². The Morgan fingerprint density at radius 2 is 1.05 bits per heavy atom. The molecule has 0 bridgehead atoms. The fraction of sp³-hybridized carbons (Fsp3) is 1.00. The van der Waals surface area contributed by atoms with Crippen molar-refractivity contribution in [3.05, 3.63) is 0 Å². The van der Waals surface area contributed by atoms with Crippen LogP contribution >= 0.6 is 111 Å². The minimum atomic E-state index is -3.40. The van der Waals surface area contributed by atoms with E-state index in [1.54, 1.807) is 0 Å². The summed E-state index contributed by atoms with van der Waals surface area (Å²) in [5.41, 5.74) is -6.33. The smallest absolute Gasteiger partial charge is 0.170 e. The molecule has 2 aliphatic heterocycles. The Bertz CT molecular complexity index is 439. The number of halogens is 10. The Morgan fingerprint density at radius 1 is 0.550 bits per heavy atom. The van der Waals surface area contributed by atoms with Crippen LogP contribution in [-0.2, 0) is 0 Å². The molecule has 0 amide bonds. The van der Waals surface area contributed by atoms with Crippen molar-refractivity contribution in [3.63, 3.8) is 0 Å². The lowest BCUT2D eigenvalue weighted by Gasteiger charge is -2.59. The predicted octanol–water partition coefficient (Wildman–Crippen LogP) is 6.38. The fourth-order valence-electron chi connectivity index (χ4n) is 2.89. The summed E-state index contributed by atoms with van der Waals surface area (Å²) in [6.07, 6.45) is -5.11. The van der Waals surface area contributed by atoms with Crippen LogP contribution in [0.1, 0.15) is 6.42 Å². The van der Waals surface area contributed by atoms with Crippen molar-refractivity contribution in [2.24, 2.45) is 0 Å². The average molecular weight is 579 g/mol. The van der Waals surface area contributed by atoms with Crippen molar-refractivity contribution in [2.45, 2.75) is 24.2 Å². The molecule has 2 rings (SSSR count). The monoisotopic (exact) mass is 574 g/mol. The molecule has 2 aliphatic rings. The molecular weight excluding hydrogens is 571 g/mol. The molecule has 16 heteroatoms. The Balaban J connectivity index is 2.73. The maximum atomic E-state index is 7.05. The van der Waals surface area contributed by atoms with E-state index in [-0.39, 0.29) is 0 Å². The fourth-order valence-corrected chi connectivity index (χ4v) is 240. The van der Waals surface area contributed by atoms with Gasteiger partial charge in [-0.15, -0.1) is 88.6 Å². The van der Waals surface area contributed by atoms with Gasteiger partial charge in [0.05, 0.1) is 0 Å². The third kappa shape index (κ3) is 2.50. The molecule has 0 aliphatic carbocycles. The van der Waals surface area contributed by atoms with Crippen molar-refractivity contribution in [1.29, 1.82) is 0 Å². The highest BCUT2D eigenvalue weighted by molar-refractivity contribution is 8.39. The molecule has 0 aromatic rings. The molecule has 2 unspecified atom stereocenters. The van der Waals surface area contributed by atoms with Crippen molar-refractivity contribution < 1.29 is 0 Å². The number of hydrogen-bond acceptors (Lipinski definition) is 0. The van der Waals surface area contributed by atoms with E-state index in [1.807, 2.05) is 0 Å². The topological polar surface area (TPSA) is 0 Å². The first-order chi connectivity index (χ1) is 8.66. The summed E-state index contributed by atoms with van der Waals surface area (Å²) in [4.78, 5) is 0. The Labute approximate surface area is 169 Å². The first kappa shape index (κ1) is 20.5. The lowest BCUT2D eigenvalue weighted by atomic mass is 10.6. The largest absolute Gasteiger partial charge is 0.294 e. The van der Waals surface area contributed by atoms with Crippen LogP contribution in [0.3, 0.4) is 0 Å². The van der Waals surface area contributed by atoms with Crippen LogP contribution in [0.4, 0.5) is 0 Å². The standard InChI is InChI=1S/C4H8Cl10Si6/c5-15-2-1-3-16(6,7)20(15,14)19(12,13)18(10,11)17(8,9)4-15/h1-4H2. The lowest BCUT2D eigenvalue weighted by Crippen LogP contribution is -2.92. The highest BCUT2D eigenvalue weighted by atomic mass is 35.8. The van der Waals surface area contributed by atoms with Gasteiger partial charge in [-0.05, 0) is 17.8 Å². The summed E-state index contributed by atoms with van der Waals surface area (Å²) in [7, 11) is 0. The summed E-state index contributed by atoms with van der Waals surface area (Å²) in [5.74, 6) is -3.08. The van der Waals surface area contributed by atoms with Crippen LogP contribution in [0.5, 0.6) is 0 Å². The van der Waals surface area contributed by atoms with Crippen LogP contribution < -0.4 is 0 Å². The molecule has 0 saturated carbocycles. The zero-order valence-electron chi connectivity index (χ0n) is 9.61. The maximum absolute atomic E-state index is 7.05. The minimum absolute atomic E-state index is 0.405. The molecule has 0 aromatic heterocycles. The quantitative estimate of drug-likeness (QED) is 0.231. The van der Waals surface area contributed by atoms with Gasteiger partial charge in [-0.1, -0.05) is 6.42 Å². The molecule has 0 nitrogen and oxygen atoms in total. The van der Waals surface area contributed by atoms with Gasteiger partial charge in [-0.25, -0.2) is 0 Å². The maximum Gasteiger partial charge on any atom is 0.294 e. The summed E-state index contributed by atoms with van der Waals surface area (Å²) in [6, 6.07) is 1.39. The Morgan fingerprint density at radius 3 is 1.55 bits per heavy atom. The highest BCUT2D eigenvalue weighted by Crippen LogP contribution is 2.66. The SMILES string of the molecule is Cl[Si]1(Cl)C[Si]2(Cl)CCC[Si](Cl)(Cl)[Si]2(Cl)[Si](Cl)(Cl)[Si]1(Cl)Cl. The van der Waals surface area contributed by atoms with Crippen molar-refractivity contribution in [2.75, 3.05) is 0 Å². The van der Waals surface area contributed by atoms with Crippen LogP contribution in [-0.4, -0.2) is 36.7 Å². The highest BCUT2D eigenvalue weighted by Gasteiger charge is 2.90. The van der Waals surface area contributed by atoms with Crippen LogP contribution in [0.2, 0.25) is 17.8 Å². The molecule has 2 fully saturated rings. The minimum Gasteiger partial charge on any atom is -0.170 e. The molecule has 0 aromatic carbocycles. The summed E-state index contributed by atoms with van der Waals surface area (Å²) in [5, 5.41) is 0. The van der Waals surface area contributed by atoms with Gasteiger partial charge in [-0.3, -0.25) is 0 Å².